The van der Waals surface area contributed by atoms with Gasteiger partial charge in [-0.25, -0.2) is 13.1 Å². The predicted octanol–water partition coefficient (Wildman–Crippen LogP) is 4.30. The molecule has 0 radical (unpaired) electrons. The summed E-state index contributed by atoms with van der Waals surface area (Å²) < 4.78 is 32.8. The van der Waals surface area contributed by atoms with Gasteiger partial charge in [-0.1, -0.05) is 22.8 Å². The fraction of sp³-hybridized carbons (Fsp3) is 0.250. The fourth-order valence-electron chi connectivity index (χ4n) is 3.29. The number of halogens is 1. The quantitative estimate of drug-likeness (QED) is 0.442. The van der Waals surface area contributed by atoms with Crippen LogP contribution in [0.5, 0.6) is 0 Å². The maximum atomic E-state index is 13.0. The summed E-state index contributed by atoms with van der Waals surface area (Å²) in [6.07, 6.45) is -0.194. The van der Waals surface area contributed by atoms with Crippen molar-refractivity contribution < 1.29 is 27.6 Å². The minimum Gasteiger partial charge on any atom is -0.481 e. The lowest BCUT2D eigenvalue weighted by atomic mass is 9.95. The number of sulfonamides is 1. The number of carbonyl (C=O) groups is 2. The number of carboxylic acid groups (broad SMARTS) is 1. The van der Waals surface area contributed by atoms with E-state index in [1.54, 1.807) is 33.8 Å². The summed E-state index contributed by atoms with van der Waals surface area (Å²) in [6.45, 7) is 6.85. The topological polar surface area (TPSA) is 139 Å². The molecule has 0 saturated carbocycles. The summed E-state index contributed by atoms with van der Waals surface area (Å²) in [6, 6.07) is 3.08. The van der Waals surface area contributed by atoms with Crippen molar-refractivity contribution >= 4 is 56.4 Å². The standard InChI is InChI=1S/C20H20ClN3O6S2/c1-9-7-10(2)17(11(3)13(9)8-15(25)26)22-19(27)18-14(5-6-31-18)32(28,29)24-20-16(21)12(4)23-30-20/h5-7,24H,8H2,1-4H3,(H,22,27)(H,25,26). The van der Waals surface area contributed by atoms with Crippen LogP contribution in [0.25, 0.3) is 0 Å². The largest absolute Gasteiger partial charge is 0.481 e. The van der Waals surface area contributed by atoms with Gasteiger partial charge in [0, 0.05) is 5.69 Å². The third kappa shape index (κ3) is 4.64. The second kappa shape index (κ2) is 8.93. The van der Waals surface area contributed by atoms with Crippen LogP contribution in [0.1, 0.15) is 37.6 Å². The normalized spacial score (nSPS) is 11.4. The molecule has 0 bridgehead atoms. The molecule has 170 valence electrons. The fourth-order valence-corrected chi connectivity index (χ4v) is 5.78. The lowest BCUT2D eigenvalue weighted by molar-refractivity contribution is -0.136. The Bertz CT molecular complexity index is 1330. The van der Waals surface area contributed by atoms with Gasteiger partial charge in [0.25, 0.3) is 21.8 Å². The third-order valence-electron chi connectivity index (χ3n) is 4.84. The molecule has 12 heteroatoms. The van der Waals surface area contributed by atoms with E-state index in [4.69, 9.17) is 16.1 Å². The van der Waals surface area contributed by atoms with E-state index in [1.807, 2.05) is 0 Å². The van der Waals surface area contributed by atoms with E-state index >= 15 is 0 Å². The van der Waals surface area contributed by atoms with E-state index in [9.17, 15) is 23.1 Å². The average molecular weight is 498 g/mol. The highest BCUT2D eigenvalue weighted by Gasteiger charge is 2.27. The Hall–Kier alpha value is -2.89. The first-order chi connectivity index (χ1) is 14.9. The highest BCUT2D eigenvalue weighted by atomic mass is 35.5. The molecule has 2 aromatic heterocycles. The number of thiophene rings is 1. The zero-order chi connectivity index (χ0) is 23.8. The van der Waals surface area contributed by atoms with E-state index in [0.29, 0.717) is 22.5 Å². The highest BCUT2D eigenvalue weighted by molar-refractivity contribution is 7.93. The van der Waals surface area contributed by atoms with E-state index < -0.39 is 21.9 Å². The van der Waals surface area contributed by atoms with Crippen LogP contribution in [0.3, 0.4) is 0 Å². The predicted molar refractivity (Wildman–Crippen MR) is 121 cm³/mol. The van der Waals surface area contributed by atoms with Crippen molar-refractivity contribution in [2.75, 3.05) is 10.0 Å². The van der Waals surface area contributed by atoms with Crippen molar-refractivity contribution in [1.82, 2.24) is 5.16 Å². The number of aliphatic carboxylic acids is 1. The van der Waals surface area contributed by atoms with Gasteiger partial charge in [0.2, 0.25) is 0 Å². The van der Waals surface area contributed by atoms with Gasteiger partial charge in [0.05, 0.1) is 6.42 Å². The van der Waals surface area contributed by atoms with Crippen molar-refractivity contribution in [1.29, 1.82) is 0 Å². The summed E-state index contributed by atoms with van der Waals surface area (Å²) in [7, 11) is -4.19. The number of anilines is 2. The van der Waals surface area contributed by atoms with Gasteiger partial charge in [-0.2, -0.15) is 0 Å². The maximum absolute atomic E-state index is 13.0. The van der Waals surface area contributed by atoms with Crippen LogP contribution in [0.15, 0.2) is 26.9 Å². The van der Waals surface area contributed by atoms with Crippen molar-refractivity contribution in [3.8, 4) is 0 Å². The van der Waals surface area contributed by atoms with E-state index in [2.05, 4.69) is 15.2 Å². The van der Waals surface area contributed by atoms with Crippen LogP contribution in [0, 0.1) is 27.7 Å². The van der Waals surface area contributed by atoms with Gasteiger partial charge >= 0.3 is 5.97 Å². The number of carbonyl (C=O) groups excluding carboxylic acids is 1. The SMILES string of the molecule is Cc1cc(C)c(NC(=O)c2sccc2S(=O)(=O)Nc2onc(C)c2Cl)c(C)c1CC(=O)O. The van der Waals surface area contributed by atoms with Crippen molar-refractivity contribution in [2.45, 2.75) is 39.0 Å². The number of nitrogens with zero attached hydrogens (tertiary/aromatic N) is 1. The molecular weight excluding hydrogens is 478 g/mol. The minimum atomic E-state index is -4.19. The summed E-state index contributed by atoms with van der Waals surface area (Å²) in [4.78, 5) is 23.9. The molecule has 1 amide bonds. The lowest BCUT2D eigenvalue weighted by Gasteiger charge is -2.17. The Morgan fingerprint density at radius 2 is 1.91 bits per heavy atom. The second-order valence-corrected chi connectivity index (χ2v) is 10.1. The number of benzene rings is 1. The maximum Gasteiger partial charge on any atom is 0.307 e. The first-order valence-corrected chi connectivity index (χ1v) is 12.0. The molecule has 0 unspecified atom stereocenters. The molecule has 0 saturated heterocycles. The molecule has 32 heavy (non-hydrogen) atoms. The van der Waals surface area contributed by atoms with Crippen molar-refractivity contribution in [3.05, 3.63) is 55.4 Å². The molecule has 9 nitrogen and oxygen atoms in total. The Kier molecular flexibility index (Phi) is 6.63. The van der Waals surface area contributed by atoms with Gasteiger partial charge in [-0.15, -0.1) is 11.3 Å². The Morgan fingerprint density at radius 3 is 2.50 bits per heavy atom. The number of hydrogen-bond acceptors (Lipinski definition) is 7. The van der Waals surface area contributed by atoms with E-state index in [1.165, 1.54) is 11.4 Å². The molecule has 0 fully saturated rings. The molecular formula is C20H20ClN3O6S2. The van der Waals surface area contributed by atoms with Crippen LogP contribution < -0.4 is 10.0 Å². The highest BCUT2D eigenvalue weighted by Crippen LogP contribution is 2.32. The molecule has 0 spiro atoms. The summed E-state index contributed by atoms with van der Waals surface area (Å²) >= 11 is 6.93. The van der Waals surface area contributed by atoms with Gasteiger partial charge in [0.1, 0.15) is 20.5 Å². The lowest BCUT2D eigenvalue weighted by Crippen LogP contribution is -2.19. The third-order valence-corrected chi connectivity index (χ3v) is 7.70. The van der Waals surface area contributed by atoms with Crippen molar-refractivity contribution in [2.24, 2.45) is 0 Å². The molecule has 1 aromatic carbocycles. The van der Waals surface area contributed by atoms with Crippen LogP contribution in [-0.4, -0.2) is 30.6 Å². The zero-order valence-corrected chi connectivity index (χ0v) is 20.0. The summed E-state index contributed by atoms with van der Waals surface area (Å²) in [5, 5.41) is 17.0. The molecule has 0 atom stereocenters. The number of hydrogen-bond donors (Lipinski definition) is 3. The molecule has 0 aliphatic rings. The number of carboxylic acids is 1. The van der Waals surface area contributed by atoms with Gasteiger partial charge in [0.15, 0.2) is 0 Å². The van der Waals surface area contributed by atoms with Crippen molar-refractivity contribution in [3.63, 3.8) is 0 Å². The smallest absolute Gasteiger partial charge is 0.307 e. The van der Waals surface area contributed by atoms with E-state index in [-0.39, 0.29) is 27.1 Å². The number of aryl methyl sites for hydroxylation is 3. The Morgan fingerprint density at radius 1 is 1.22 bits per heavy atom. The van der Waals surface area contributed by atoms with Crippen LogP contribution in [0.2, 0.25) is 5.02 Å². The molecule has 0 aliphatic carbocycles. The first kappa shape index (κ1) is 23.8. The number of amides is 1. The van der Waals surface area contributed by atoms with Gasteiger partial charge in [-0.05, 0) is 61.4 Å². The second-order valence-electron chi connectivity index (χ2n) is 7.14. The average Bonchev–Trinajstić information content (AvgIpc) is 3.31. The minimum absolute atomic E-state index is 0.0201. The molecule has 3 aromatic rings. The Labute approximate surface area is 193 Å². The molecule has 0 aliphatic heterocycles. The van der Waals surface area contributed by atoms with Crippen LogP contribution in [0.4, 0.5) is 11.6 Å². The first-order valence-electron chi connectivity index (χ1n) is 9.27. The Balaban J connectivity index is 1.94. The summed E-state index contributed by atoms with van der Waals surface area (Å²) in [5.41, 5.74) is 3.48. The molecule has 2 heterocycles. The number of aromatic nitrogens is 1. The molecule has 3 N–H and O–H groups in total. The van der Waals surface area contributed by atoms with Gasteiger partial charge in [-0.3, -0.25) is 9.59 Å². The van der Waals surface area contributed by atoms with Gasteiger partial charge < -0.3 is 14.9 Å². The zero-order valence-electron chi connectivity index (χ0n) is 17.6. The van der Waals surface area contributed by atoms with Crippen LogP contribution >= 0.6 is 22.9 Å². The molecule has 3 rings (SSSR count). The summed E-state index contributed by atoms with van der Waals surface area (Å²) in [5.74, 6) is -1.88. The van der Waals surface area contributed by atoms with Crippen LogP contribution in [-0.2, 0) is 21.2 Å². The number of nitrogens with one attached hydrogen (secondary N) is 2. The van der Waals surface area contributed by atoms with E-state index in [0.717, 1.165) is 22.5 Å². The number of rotatable bonds is 7. The monoisotopic (exact) mass is 497 g/mol.